The van der Waals surface area contributed by atoms with Gasteiger partial charge in [-0.05, 0) is 30.3 Å². The Hall–Kier alpha value is -3.04. The quantitative estimate of drug-likeness (QED) is 0.617. The average molecular weight is 370 g/mol. The van der Waals surface area contributed by atoms with Crippen molar-refractivity contribution in [3.05, 3.63) is 59.9 Å². The van der Waals surface area contributed by atoms with Gasteiger partial charge < -0.3 is 0 Å². The highest BCUT2D eigenvalue weighted by molar-refractivity contribution is 5.70. The van der Waals surface area contributed by atoms with E-state index >= 15 is 0 Å². The van der Waals surface area contributed by atoms with Crippen LogP contribution in [0.4, 0.5) is 26.3 Å². The van der Waals surface area contributed by atoms with Crippen LogP contribution >= 0.6 is 0 Å². The van der Waals surface area contributed by atoms with E-state index in [1.165, 1.54) is 24.5 Å². The lowest BCUT2D eigenvalue weighted by Gasteiger charge is -2.18. The van der Waals surface area contributed by atoms with Crippen LogP contribution in [0.2, 0.25) is 0 Å². The van der Waals surface area contributed by atoms with Crippen molar-refractivity contribution in [2.45, 2.75) is 12.4 Å². The van der Waals surface area contributed by atoms with Crippen LogP contribution in [0.15, 0.2) is 48.8 Å². The van der Waals surface area contributed by atoms with E-state index < -0.39 is 34.7 Å². The minimum absolute atomic E-state index is 0.238. The Kier molecular flexibility index (Phi) is 4.34. The molecule has 0 spiro atoms. The number of alkyl halides is 6. The zero-order valence-electron chi connectivity index (χ0n) is 12.7. The Balaban J connectivity index is 2.17. The van der Waals surface area contributed by atoms with Crippen LogP contribution in [0.25, 0.3) is 22.5 Å². The highest BCUT2D eigenvalue weighted by Gasteiger charge is 2.41. The van der Waals surface area contributed by atoms with E-state index in [1.807, 2.05) is 0 Å². The molecule has 0 atom stereocenters. The van der Waals surface area contributed by atoms with Crippen molar-refractivity contribution in [2.75, 3.05) is 0 Å². The molecule has 2 aromatic heterocycles. The van der Waals surface area contributed by atoms with Gasteiger partial charge in [-0.1, -0.05) is 6.07 Å². The lowest BCUT2D eigenvalue weighted by molar-refractivity contribution is -0.142. The van der Waals surface area contributed by atoms with Gasteiger partial charge in [-0.3, -0.25) is 0 Å². The van der Waals surface area contributed by atoms with Crippen molar-refractivity contribution in [3.63, 3.8) is 0 Å². The Morgan fingerprint density at radius 1 is 0.654 bits per heavy atom. The zero-order chi connectivity index (χ0) is 18.9. The van der Waals surface area contributed by atoms with Gasteiger partial charge in [0.15, 0.2) is 0 Å². The topological polar surface area (TPSA) is 51.6 Å². The van der Waals surface area contributed by atoms with E-state index in [4.69, 9.17) is 0 Å². The molecule has 2 heterocycles. The fourth-order valence-corrected chi connectivity index (χ4v) is 2.36. The molecule has 1 aromatic carbocycles. The summed E-state index contributed by atoms with van der Waals surface area (Å²) in [4.78, 5) is 0. The third kappa shape index (κ3) is 3.48. The van der Waals surface area contributed by atoms with Crippen molar-refractivity contribution in [3.8, 4) is 22.5 Å². The second kappa shape index (κ2) is 6.36. The first-order valence-corrected chi connectivity index (χ1v) is 7.06. The number of halogens is 6. The Morgan fingerprint density at radius 3 is 1.69 bits per heavy atom. The van der Waals surface area contributed by atoms with Crippen molar-refractivity contribution in [1.82, 2.24) is 20.4 Å². The third-order valence-corrected chi connectivity index (χ3v) is 3.48. The summed E-state index contributed by atoms with van der Waals surface area (Å²) in [7, 11) is 0. The van der Waals surface area contributed by atoms with Crippen LogP contribution in [-0.4, -0.2) is 20.4 Å². The van der Waals surface area contributed by atoms with Gasteiger partial charge in [0.1, 0.15) is 0 Å². The molecule has 0 N–H and O–H groups in total. The number of hydrogen-bond acceptors (Lipinski definition) is 4. The average Bonchev–Trinajstić information content (AvgIpc) is 2.60. The molecule has 0 radical (unpaired) electrons. The molecular weight excluding hydrogens is 362 g/mol. The molecule has 0 amide bonds. The fourth-order valence-electron chi connectivity index (χ4n) is 2.36. The molecule has 0 aliphatic heterocycles. The van der Waals surface area contributed by atoms with E-state index in [0.29, 0.717) is 23.8 Å². The van der Waals surface area contributed by atoms with Crippen molar-refractivity contribution < 1.29 is 26.3 Å². The summed E-state index contributed by atoms with van der Waals surface area (Å²) < 4.78 is 79.3. The maximum atomic E-state index is 13.2. The first-order chi connectivity index (χ1) is 12.2. The Morgan fingerprint density at radius 2 is 1.23 bits per heavy atom. The van der Waals surface area contributed by atoms with Crippen LogP contribution in [0.1, 0.15) is 11.1 Å². The van der Waals surface area contributed by atoms with Crippen molar-refractivity contribution >= 4 is 0 Å². The molecule has 0 unspecified atom stereocenters. The highest BCUT2D eigenvalue weighted by Crippen LogP contribution is 2.43. The second-order valence-corrected chi connectivity index (χ2v) is 5.16. The molecule has 0 saturated heterocycles. The van der Waals surface area contributed by atoms with Gasteiger partial charge in [0.25, 0.3) is 0 Å². The molecule has 0 fully saturated rings. The summed E-state index contributed by atoms with van der Waals surface area (Å²) in [5.41, 5.74) is -3.74. The van der Waals surface area contributed by atoms with Crippen molar-refractivity contribution in [2.24, 2.45) is 0 Å². The van der Waals surface area contributed by atoms with Gasteiger partial charge in [0.05, 0.1) is 34.9 Å². The number of benzene rings is 1. The van der Waals surface area contributed by atoms with E-state index in [1.54, 1.807) is 0 Å². The largest absolute Gasteiger partial charge is 0.417 e. The van der Waals surface area contributed by atoms with E-state index in [9.17, 15) is 26.3 Å². The SMILES string of the molecule is FC(F)(F)c1cccc(C(F)(F)F)c1-c1ccc(-c2ccnnc2)nn1. The summed E-state index contributed by atoms with van der Waals surface area (Å²) in [5.74, 6) is 0. The van der Waals surface area contributed by atoms with Crippen LogP contribution < -0.4 is 0 Å². The molecule has 26 heavy (non-hydrogen) atoms. The molecule has 10 heteroatoms. The monoisotopic (exact) mass is 370 g/mol. The van der Waals surface area contributed by atoms with Crippen LogP contribution in [0.3, 0.4) is 0 Å². The standard InChI is InChI=1S/C16H8F6N4/c17-15(18,19)10-2-1-3-11(16(20,21)22)14(10)13-5-4-12(25-26-13)9-6-7-23-24-8-9/h1-8H. The van der Waals surface area contributed by atoms with Crippen LogP contribution in [0, 0.1) is 0 Å². The summed E-state index contributed by atoms with van der Waals surface area (Å²) in [5, 5.41) is 14.5. The molecule has 0 aliphatic rings. The molecule has 0 aliphatic carbocycles. The molecule has 0 bridgehead atoms. The third-order valence-electron chi connectivity index (χ3n) is 3.48. The fraction of sp³-hybridized carbons (Fsp3) is 0.125. The van der Waals surface area contributed by atoms with Gasteiger partial charge in [-0.25, -0.2) is 0 Å². The van der Waals surface area contributed by atoms with E-state index in [2.05, 4.69) is 20.4 Å². The summed E-state index contributed by atoms with van der Waals surface area (Å²) in [6, 6.07) is 5.72. The van der Waals surface area contributed by atoms with Gasteiger partial charge in [0.2, 0.25) is 0 Å². The first-order valence-electron chi connectivity index (χ1n) is 7.06. The number of rotatable bonds is 2. The van der Waals surface area contributed by atoms with Gasteiger partial charge in [-0.2, -0.15) is 36.5 Å². The molecule has 134 valence electrons. The number of hydrogen-bond donors (Lipinski definition) is 0. The van der Waals surface area contributed by atoms with Crippen LogP contribution in [0.5, 0.6) is 0 Å². The molecule has 0 saturated carbocycles. The summed E-state index contributed by atoms with van der Waals surface area (Å²) >= 11 is 0. The Labute approximate surface area is 142 Å². The van der Waals surface area contributed by atoms with Crippen molar-refractivity contribution in [1.29, 1.82) is 0 Å². The van der Waals surface area contributed by atoms with Crippen LogP contribution in [-0.2, 0) is 12.4 Å². The lowest BCUT2D eigenvalue weighted by Crippen LogP contribution is -2.14. The highest BCUT2D eigenvalue weighted by atomic mass is 19.4. The summed E-state index contributed by atoms with van der Waals surface area (Å²) in [6.45, 7) is 0. The molecule has 3 aromatic rings. The zero-order valence-corrected chi connectivity index (χ0v) is 12.7. The van der Waals surface area contributed by atoms with Gasteiger partial charge in [0, 0.05) is 11.1 Å². The number of nitrogens with zero attached hydrogens (tertiary/aromatic N) is 4. The predicted octanol–water partition coefficient (Wildman–Crippen LogP) is 4.64. The lowest BCUT2D eigenvalue weighted by atomic mass is 9.97. The first kappa shape index (κ1) is 17.8. The molecule has 4 nitrogen and oxygen atoms in total. The number of aromatic nitrogens is 4. The second-order valence-electron chi connectivity index (χ2n) is 5.16. The summed E-state index contributed by atoms with van der Waals surface area (Å²) in [6.07, 6.45) is -7.25. The van der Waals surface area contributed by atoms with Gasteiger partial charge >= 0.3 is 12.4 Å². The predicted molar refractivity (Wildman–Crippen MR) is 78.5 cm³/mol. The van der Waals surface area contributed by atoms with Gasteiger partial charge in [-0.15, -0.1) is 10.2 Å². The minimum Gasteiger partial charge on any atom is -0.166 e. The maximum absolute atomic E-state index is 13.2. The van der Waals surface area contributed by atoms with E-state index in [0.717, 1.165) is 6.07 Å². The molecule has 3 rings (SSSR count). The maximum Gasteiger partial charge on any atom is 0.417 e. The molecular formula is C16H8F6N4. The normalized spacial score (nSPS) is 12.2. The smallest absolute Gasteiger partial charge is 0.166 e. The Bertz CT molecular complexity index is 873. The minimum atomic E-state index is -4.98. The van der Waals surface area contributed by atoms with E-state index in [-0.39, 0.29) is 5.69 Å².